The molecule has 1 saturated carbocycles. The lowest BCUT2D eigenvalue weighted by atomic mass is 9.91. The summed E-state index contributed by atoms with van der Waals surface area (Å²) < 4.78 is 34.9. The minimum atomic E-state index is -4.08. The fourth-order valence-electron chi connectivity index (χ4n) is 6.82. The summed E-state index contributed by atoms with van der Waals surface area (Å²) in [7, 11) is -4.08. The van der Waals surface area contributed by atoms with Crippen LogP contribution in [0.2, 0.25) is 0 Å². The maximum absolute atomic E-state index is 14.1. The van der Waals surface area contributed by atoms with E-state index in [1.54, 1.807) is 61.2 Å². The van der Waals surface area contributed by atoms with Gasteiger partial charge in [-0.05, 0) is 101 Å². The number of carbonyl (C=O) groups excluding carboxylic acids is 2. The third kappa shape index (κ3) is 8.24. The van der Waals surface area contributed by atoms with Gasteiger partial charge in [0.1, 0.15) is 5.60 Å². The molecular weight excluding hydrogens is 717 g/mol. The molecule has 2 amide bonds. The minimum Gasteiger partial charge on any atom is -0.444 e. The Morgan fingerprint density at radius 2 is 1.67 bits per heavy atom. The highest BCUT2D eigenvalue weighted by Crippen LogP contribution is 2.38. The van der Waals surface area contributed by atoms with Crippen LogP contribution in [0.3, 0.4) is 0 Å². The molecule has 1 aliphatic carbocycles. The van der Waals surface area contributed by atoms with Gasteiger partial charge in [0.25, 0.3) is 15.9 Å². The smallest absolute Gasteiger partial charge is 0.407 e. The number of nitrogens with two attached hydrogens (primary N) is 1. The molecule has 0 spiro atoms. The van der Waals surface area contributed by atoms with Crippen molar-refractivity contribution in [2.75, 3.05) is 11.1 Å². The summed E-state index contributed by atoms with van der Waals surface area (Å²) in [4.78, 5) is 39.1. The number of anilines is 2. The van der Waals surface area contributed by atoms with Crippen molar-refractivity contribution in [1.82, 2.24) is 29.6 Å². The Morgan fingerprint density at radius 1 is 0.927 bits per heavy atom. The zero-order valence-corrected chi connectivity index (χ0v) is 32.0. The summed E-state index contributed by atoms with van der Waals surface area (Å²) in [6.07, 6.45) is 10.6. The van der Waals surface area contributed by atoms with E-state index in [4.69, 9.17) is 10.5 Å². The summed E-state index contributed by atoms with van der Waals surface area (Å²) in [5, 5.41) is 10.8. The SMILES string of the molecule is Cc1ccc(S(=O)(=O)n2cc(-c3ccc4ncc(N)c(NC5CCC(NC(=O)OC(C)(C)C)CC5)c4c3)c3cc(C(=O)NCc4cccnc4)cnc32)cc1. The second-order valence-electron chi connectivity index (χ2n) is 15.0. The van der Waals surface area contributed by atoms with Gasteiger partial charge < -0.3 is 26.4 Å². The Labute approximate surface area is 319 Å². The first-order valence-corrected chi connectivity index (χ1v) is 19.6. The lowest BCUT2D eigenvalue weighted by molar-refractivity contribution is 0.0492. The molecule has 0 atom stereocenters. The van der Waals surface area contributed by atoms with Crippen LogP contribution in [-0.2, 0) is 21.3 Å². The lowest BCUT2D eigenvalue weighted by Crippen LogP contribution is -2.42. The molecule has 14 heteroatoms. The third-order valence-electron chi connectivity index (χ3n) is 9.63. The molecule has 1 aliphatic rings. The third-order valence-corrected chi connectivity index (χ3v) is 11.3. The first kappa shape index (κ1) is 37.3. The van der Waals surface area contributed by atoms with Crippen LogP contribution in [-0.4, -0.2) is 57.0 Å². The van der Waals surface area contributed by atoms with E-state index in [1.807, 2.05) is 52.0 Å². The number of hydrogen-bond acceptors (Lipinski definition) is 10. The predicted molar refractivity (Wildman–Crippen MR) is 213 cm³/mol. The number of amides is 2. The summed E-state index contributed by atoms with van der Waals surface area (Å²) in [6, 6.07) is 17.7. The van der Waals surface area contributed by atoms with Gasteiger partial charge in [-0.1, -0.05) is 29.8 Å². The normalized spacial score (nSPS) is 16.1. The fraction of sp³-hybridized carbons (Fsp3) is 0.293. The number of nitrogens with zero attached hydrogens (tertiary/aromatic N) is 4. The Morgan fingerprint density at radius 3 is 2.38 bits per heavy atom. The molecule has 1 fully saturated rings. The number of hydrogen-bond donors (Lipinski definition) is 4. The molecule has 0 saturated heterocycles. The Hall–Kier alpha value is -6.02. The number of aryl methyl sites for hydroxylation is 1. The minimum absolute atomic E-state index is 0.00969. The van der Waals surface area contributed by atoms with Crippen molar-refractivity contribution in [1.29, 1.82) is 0 Å². The quantitative estimate of drug-likeness (QED) is 0.120. The van der Waals surface area contributed by atoms with Crippen molar-refractivity contribution in [3.05, 3.63) is 108 Å². The van der Waals surface area contributed by atoms with Crippen molar-refractivity contribution in [2.24, 2.45) is 0 Å². The van der Waals surface area contributed by atoms with Crippen molar-refractivity contribution in [3.63, 3.8) is 0 Å². The topological polar surface area (TPSA) is 183 Å². The number of nitrogen functional groups attached to an aromatic ring is 1. The Kier molecular flexibility index (Phi) is 10.2. The molecule has 4 heterocycles. The number of pyridine rings is 3. The van der Waals surface area contributed by atoms with Gasteiger partial charge in [0.2, 0.25) is 0 Å². The molecule has 55 heavy (non-hydrogen) atoms. The van der Waals surface area contributed by atoms with E-state index in [9.17, 15) is 18.0 Å². The van der Waals surface area contributed by atoms with Crippen LogP contribution in [0.25, 0.3) is 33.1 Å². The number of ether oxygens (including phenoxy) is 1. The average Bonchev–Trinajstić information content (AvgIpc) is 3.55. The number of rotatable bonds is 9. The summed E-state index contributed by atoms with van der Waals surface area (Å²) in [5.74, 6) is -0.365. The number of nitrogens with one attached hydrogen (secondary N) is 3. The molecular formula is C41H44N8O5S. The van der Waals surface area contributed by atoms with E-state index in [0.29, 0.717) is 27.7 Å². The van der Waals surface area contributed by atoms with Gasteiger partial charge in [0.15, 0.2) is 5.65 Å². The molecule has 0 bridgehead atoms. The van der Waals surface area contributed by atoms with E-state index in [1.165, 1.54) is 10.2 Å². The van der Waals surface area contributed by atoms with Crippen LogP contribution in [0, 0.1) is 6.92 Å². The van der Waals surface area contributed by atoms with E-state index in [-0.39, 0.29) is 40.6 Å². The van der Waals surface area contributed by atoms with E-state index >= 15 is 0 Å². The van der Waals surface area contributed by atoms with Crippen LogP contribution >= 0.6 is 0 Å². The van der Waals surface area contributed by atoms with Gasteiger partial charge in [0, 0.05) is 59.8 Å². The number of fused-ring (bicyclic) bond motifs is 2. The van der Waals surface area contributed by atoms with Gasteiger partial charge in [-0.3, -0.25) is 14.8 Å². The zero-order valence-electron chi connectivity index (χ0n) is 31.2. The summed E-state index contributed by atoms with van der Waals surface area (Å²) in [5.41, 5.74) is 11.3. The zero-order chi connectivity index (χ0) is 38.9. The fourth-order valence-corrected chi connectivity index (χ4v) is 8.15. The highest BCUT2D eigenvalue weighted by Gasteiger charge is 2.27. The molecule has 7 rings (SSSR count). The molecule has 4 aromatic heterocycles. The number of aromatic nitrogens is 4. The summed E-state index contributed by atoms with van der Waals surface area (Å²) >= 11 is 0. The highest BCUT2D eigenvalue weighted by molar-refractivity contribution is 7.90. The van der Waals surface area contributed by atoms with Crippen molar-refractivity contribution in [2.45, 2.75) is 82.5 Å². The van der Waals surface area contributed by atoms with Crippen molar-refractivity contribution in [3.8, 4) is 11.1 Å². The number of alkyl carbamates (subject to hydrolysis) is 1. The van der Waals surface area contributed by atoms with Crippen LogP contribution in [0.1, 0.15) is 67.9 Å². The van der Waals surface area contributed by atoms with Crippen LogP contribution < -0.4 is 21.7 Å². The van der Waals surface area contributed by atoms with Gasteiger partial charge in [-0.2, -0.15) is 0 Å². The first-order chi connectivity index (χ1) is 26.2. The molecule has 0 radical (unpaired) electrons. The monoisotopic (exact) mass is 760 g/mol. The van der Waals surface area contributed by atoms with Gasteiger partial charge in [-0.15, -0.1) is 0 Å². The highest BCUT2D eigenvalue weighted by atomic mass is 32.2. The van der Waals surface area contributed by atoms with Gasteiger partial charge in [0.05, 0.1) is 33.5 Å². The molecule has 284 valence electrons. The van der Waals surface area contributed by atoms with E-state index in [2.05, 4.69) is 30.9 Å². The number of carbonyl (C=O) groups is 2. The standard InChI is InChI=1S/C41H44N8O5S/c1-25-7-14-31(15-8-25)55(52,53)49-24-34(32-19-28(22-45-38(32)49)39(50)46-21-26-6-5-17-43-20-26)27-9-16-36-33(18-27)37(35(42)23-44-36)47-29-10-12-30(13-11-29)48-40(51)54-41(2,3)4/h5-9,14-20,22-24,29-30H,10-13,21,42H2,1-4H3,(H,44,47)(H,46,50)(H,48,51). The maximum atomic E-state index is 14.1. The second kappa shape index (κ2) is 15.0. The Balaban J connectivity index is 1.23. The predicted octanol–water partition coefficient (Wildman–Crippen LogP) is 6.95. The second-order valence-corrected chi connectivity index (χ2v) is 16.8. The van der Waals surface area contributed by atoms with Gasteiger partial charge >= 0.3 is 6.09 Å². The first-order valence-electron chi connectivity index (χ1n) is 18.2. The molecule has 2 aromatic carbocycles. The van der Waals surface area contributed by atoms with Crippen LogP contribution in [0.4, 0.5) is 16.2 Å². The molecule has 13 nitrogen and oxygen atoms in total. The van der Waals surface area contributed by atoms with Crippen molar-refractivity contribution >= 4 is 55.3 Å². The van der Waals surface area contributed by atoms with Crippen molar-refractivity contribution < 1.29 is 22.7 Å². The maximum Gasteiger partial charge on any atom is 0.407 e. The van der Waals surface area contributed by atoms with Crippen LogP contribution in [0.5, 0.6) is 0 Å². The van der Waals surface area contributed by atoms with Gasteiger partial charge in [-0.25, -0.2) is 22.2 Å². The molecule has 0 unspecified atom stereocenters. The van der Waals surface area contributed by atoms with E-state index < -0.39 is 21.7 Å². The van der Waals surface area contributed by atoms with Crippen LogP contribution in [0.15, 0.2) is 96.5 Å². The Bertz CT molecular complexity index is 2490. The average molecular weight is 761 g/mol. The van der Waals surface area contributed by atoms with E-state index in [0.717, 1.165) is 47.9 Å². The molecule has 5 N–H and O–H groups in total. The molecule has 0 aliphatic heterocycles. The lowest BCUT2D eigenvalue weighted by Gasteiger charge is -2.31. The molecule has 6 aromatic rings. The largest absolute Gasteiger partial charge is 0.444 e. The number of benzene rings is 2. The summed E-state index contributed by atoms with van der Waals surface area (Å²) in [6.45, 7) is 7.67.